The number of nitro benzene ring substituents is 1. The zero-order chi connectivity index (χ0) is 15.6. The Morgan fingerprint density at radius 2 is 2.00 bits per heavy atom. The van der Waals surface area contributed by atoms with Gasteiger partial charge in [-0.1, -0.05) is 0 Å². The summed E-state index contributed by atoms with van der Waals surface area (Å²) in [6.45, 7) is 0. The summed E-state index contributed by atoms with van der Waals surface area (Å²) in [5, 5.41) is 13.2. The molecule has 1 aromatic carbocycles. The van der Waals surface area contributed by atoms with Gasteiger partial charge in [0.05, 0.1) is 30.1 Å². The molecule has 0 radical (unpaired) electrons. The van der Waals surface area contributed by atoms with Crippen molar-refractivity contribution >= 4 is 17.3 Å². The van der Waals surface area contributed by atoms with Gasteiger partial charge in [-0.2, -0.15) is 0 Å². The van der Waals surface area contributed by atoms with Gasteiger partial charge in [-0.3, -0.25) is 14.9 Å². The normalized spacial score (nSPS) is 21.1. The number of methoxy groups -OCH3 is 1. The second-order valence-corrected chi connectivity index (χ2v) is 4.92. The van der Waals surface area contributed by atoms with Gasteiger partial charge in [0.15, 0.2) is 11.6 Å². The van der Waals surface area contributed by atoms with Crippen LogP contribution in [0, 0.1) is 27.7 Å². The Morgan fingerprint density at radius 3 is 2.52 bits per heavy atom. The lowest BCUT2D eigenvalue weighted by Gasteiger charge is -2.15. The maximum Gasteiger partial charge on any atom is 0.308 e. The van der Waals surface area contributed by atoms with Crippen LogP contribution in [0.15, 0.2) is 12.1 Å². The van der Waals surface area contributed by atoms with Gasteiger partial charge in [-0.05, 0) is 19.3 Å². The van der Waals surface area contributed by atoms with E-state index in [-0.39, 0.29) is 17.9 Å². The molecule has 0 bridgehead atoms. The highest BCUT2D eigenvalue weighted by Gasteiger charge is 2.31. The van der Waals surface area contributed by atoms with Crippen molar-refractivity contribution in [2.24, 2.45) is 5.92 Å². The van der Waals surface area contributed by atoms with Crippen molar-refractivity contribution in [3.63, 3.8) is 0 Å². The molecule has 1 aromatic rings. The second kappa shape index (κ2) is 6.02. The lowest BCUT2D eigenvalue weighted by atomic mass is 10.1. The topological polar surface area (TPSA) is 81.5 Å². The highest BCUT2D eigenvalue weighted by molar-refractivity contribution is 5.72. The van der Waals surface area contributed by atoms with E-state index >= 15 is 0 Å². The zero-order valence-electron chi connectivity index (χ0n) is 11.3. The average molecular weight is 300 g/mol. The Balaban J connectivity index is 2.11. The van der Waals surface area contributed by atoms with Crippen molar-refractivity contribution in [2.75, 3.05) is 12.4 Å². The lowest BCUT2D eigenvalue weighted by Crippen LogP contribution is -2.20. The van der Waals surface area contributed by atoms with Gasteiger partial charge in [-0.25, -0.2) is 8.78 Å². The SMILES string of the molecule is COC(=O)[C@H]1CC[C@@H](Nc2c(F)cc([N+](=O)[O-])cc2F)C1. The first-order valence-corrected chi connectivity index (χ1v) is 6.40. The Hall–Kier alpha value is -2.25. The fourth-order valence-corrected chi connectivity index (χ4v) is 2.50. The molecule has 1 aliphatic rings. The Morgan fingerprint density at radius 1 is 1.38 bits per heavy atom. The number of nitrogens with one attached hydrogen (secondary N) is 1. The molecule has 0 saturated heterocycles. The summed E-state index contributed by atoms with van der Waals surface area (Å²) < 4.78 is 32.1. The number of nitrogens with zero attached hydrogens (tertiary/aromatic N) is 1. The number of nitro groups is 1. The van der Waals surface area contributed by atoms with E-state index in [1.807, 2.05) is 0 Å². The maximum atomic E-state index is 13.7. The first-order chi connectivity index (χ1) is 9.92. The summed E-state index contributed by atoms with van der Waals surface area (Å²) in [4.78, 5) is 21.0. The summed E-state index contributed by atoms with van der Waals surface area (Å²) in [6, 6.07) is 1.05. The van der Waals surface area contributed by atoms with E-state index in [1.165, 1.54) is 7.11 Å². The van der Waals surface area contributed by atoms with Gasteiger partial charge in [0.1, 0.15) is 5.69 Å². The summed E-state index contributed by atoms with van der Waals surface area (Å²) in [5.74, 6) is -2.69. The minimum Gasteiger partial charge on any atom is -0.469 e. The van der Waals surface area contributed by atoms with E-state index in [4.69, 9.17) is 0 Å². The fourth-order valence-electron chi connectivity index (χ4n) is 2.50. The van der Waals surface area contributed by atoms with Crippen LogP contribution in [0.5, 0.6) is 0 Å². The molecule has 0 amide bonds. The molecule has 0 heterocycles. The highest BCUT2D eigenvalue weighted by atomic mass is 19.1. The molecule has 0 unspecified atom stereocenters. The predicted octanol–water partition coefficient (Wildman–Crippen LogP) is 2.63. The third-order valence-electron chi connectivity index (χ3n) is 3.55. The number of halogens is 2. The standard InChI is InChI=1S/C13H14F2N2O4/c1-21-13(18)7-2-3-8(4-7)16-12-10(14)5-9(17(19)20)6-11(12)15/h5-8,16H,2-4H2,1H3/t7-,8+/m0/s1. The van der Waals surface area contributed by atoms with Crippen LogP contribution < -0.4 is 5.32 Å². The molecular weight excluding hydrogens is 286 g/mol. The van der Waals surface area contributed by atoms with Crippen LogP contribution in [-0.2, 0) is 9.53 Å². The first-order valence-electron chi connectivity index (χ1n) is 6.40. The van der Waals surface area contributed by atoms with Crippen LogP contribution >= 0.6 is 0 Å². The zero-order valence-corrected chi connectivity index (χ0v) is 11.3. The number of benzene rings is 1. The quantitative estimate of drug-likeness (QED) is 0.525. The molecule has 1 saturated carbocycles. The number of esters is 1. The lowest BCUT2D eigenvalue weighted by molar-refractivity contribution is -0.385. The minimum atomic E-state index is -1.02. The number of carbonyl (C=O) groups is 1. The van der Waals surface area contributed by atoms with Crippen molar-refractivity contribution in [1.29, 1.82) is 0 Å². The van der Waals surface area contributed by atoms with E-state index in [2.05, 4.69) is 10.1 Å². The molecule has 0 aliphatic heterocycles. The van der Waals surface area contributed by atoms with Gasteiger partial charge in [-0.15, -0.1) is 0 Å². The number of carbonyl (C=O) groups excluding carboxylic acids is 1. The van der Waals surface area contributed by atoms with Gasteiger partial charge in [0, 0.05) is 6.04 Å². The molecular formula is C13H14F2N2O4. The first kappa shape index (κ1) is 15.1. The average Bonchev–Trinajstić information content (AvgIpc) is 2.90. The summed E-state index contributed by atoms with van der Waals surface area (Å²) in [7, 11) is 1.29. The molecule has 0 aromatic heterocycles. The molecule has 0 spiro atoms. The largest absolute Gasteiger partial charge is 0.469 e. The van der Waals surface area contributed by atoms with E-state index in [9.17, 15) is 23.7 Å². The fraction of sp³-hybridized carbons (Fsp3) is 0.462. The molecule has 2 atom stereocenters. The number of rotatable bonds is 4. The van der Waals surface area contributed by atoms with Crippen molar-refractivity contribution in [1.82, 2.24) is 0 Å². The van der Waals surface area contributed by atoms with Gasteiger partial charge >= 0.3 is 5.97 Å². The van der Waals surface area contributed by atoms with Crippen LogP contribution in [0.25, 0.3) is 0 Å². The third kappa shape index (κ3) is 3.26. The van der Waals surface area contributed by atoms with Crippen molar-refractivity contribution < 1.29 is 23.2 Å². The van der Waals surface area contributed by atoms with Crippen LogP contribution in [0.4, 0.5) is 20.2 Å². The van der Waals surface area contributed by atoms with Crippen molar-refractivity contribution in [2.45, 2.75) is 25.3 Å². The van der Waals surface area contributed by atoms with Crippen LogP contribution in [0.3, 0.4) is 0 Å². The number of hydrogen-bond acceptors (Lipinski definition) is 5. The molecule has 2 rings (SSSR count). The van der Waals surface area contributed by atoms with E-state index < -0.39 is 27.9 Å². The van der Waals surface area contributed by atoms with E-state index in [1.54, 1.807) is 0 Å². The summed E-state index contributed by atoms with van der Waals surface area (Å²) in [6.07, 6.45) is 1.54. The summed E-state index contributed by atoms with van der Waals surface area (Å²) in [5.41, 5.74) is -1.05. The van der Waals surface area contributed by atoms with E-state index in [0.29, 0.717) is 31.4 Å². The minimum absolute atomic E-state index is 0.278. The molecule has 21 heavy (non-hydrogen) atoms. The number of anilines is 1. The molecule has 1 fully saturated rings. The van der Waals surface area contributed by atoms with Crippen LogP contribution in [0.1, 0.15) is 19.3 Å². The number of non-ortho nitro benzene ring substituents is 1. The Bertz CT molecular complexity index is 556. The molecule has 6 nitrogen and oxygen atoms in total. The van der Waals surface area contributed by atoms with E-state index in [0.717, 1.165) is 0 Å². The molecule has 114 valence electrons. The maximum absolute atomic E-state index is 13.7. The Labute approximate surface area is 119 Å². The number of hydrogen-bond donors (Lipinski definition) is 1. The Kier molecular flexibility index (Phi) is 4.35. The van der Waals surface area contributed by atoms with Crippen molar-refractivity contribution in [3.05, 3.63) is 33.9 Å². The monoisotopic (exact) mass is 300 g/mol. The highest BCUT2D eigenvalue weighted by Crippen LogP contribution is 2.32. The number of ether oxygens (including phenoxy) is 1. The molecule has 1 N–H and O–H groups in total. The van der Waals surface area contributed by atoms with Gasteiger partial charge in [0.25, 0.3) is 5.69 Å². The summed E-state index contributed by atoms with van der Waals surface area (Å²) >= 11 is 0. The molecule has 1 aliphatic carbocycles. The van der Waals surface area contributed by atoms with Gasteiger partial charge < -0.3 is 10.1 Å². The van der Waals surface area contributed by atoms with Crippen LogP contribution in [0.2, 0.25) is 0 Å². The second-order valence-electron chi connectivity index (χ2n) is 4.92. The van der Waals surface area contributed by atoms with Crippen molar-refractivity contribution in [3.8, 4) is 0 Å². The van der Waals surface area contributed by atoms with Crippen LogP contribution in [-0.4, -0.2) is 24.0 Å². The van der Waals surface area contributed by atoms with Gasteiger partial charge in [0.2, 0.25) is 0 Å². The third-order valence-corrected chi connectivity index (χ3v) is 3.55. The molecule has 8 heteroatoms. The smallest absolute Gasteiger partial charge is 0.308 e. The predicted molar refractivity (Wildman–Crippen MR) is 69.8 cm³/mol.